The molecular weight excluding hydrogens is 400 g/mol. The zero-order chi connectivity index (χ0) is 20.1. The van der Waals surface area contributed by atoms with Gasteiger partial charge in [-0.2, -0.15) is 9.57 Å². The van der Waals surface area contributed by atoms with Crippen LogP contribution in [0, 0.1) is 11.3 Å². The van der Waals surface area contributed by atoms with Gasteiger partial charge in [0.25, 0.3) is 10.0 Å². The first-order valence-electron chi connectivity index (χ1n) is 8.57. The lowest BCUT2D eigenvalue weighted by Crippen LogP contribution is -2.45. The summed E-state index contributed by atoms with van der Waals surface area (Å²) in [6.45, 7) is 0.416. The van der Waals surface area contributed by atoms with Gasteiger partial charge >= 0.3 is 11.8 Å². The van der Waals surface area contributed by atoms with Gasteiger partial charge in [-0.1, -0.05) is 18.2 Å². The number of nitriles is 1. The van der Waals surface area contributed by atoms with E-state index in [4.69, 9.17) is 5.26 Å². The molecule has 1 fully saturated rings. The van der Waals surface area contributed by atoms with Gasteiger partial charge in [-0.3, -0.25) is 9.59 Å². The number of nitrogens with zero attached hydrogens (tertiary/aromatic N) is 2. The molecule has 2 amide bonds. The summed E-state index contributed by atoms with van der Waals surface area (Å²) >= 11 is 1.15. The maximum absolute atomic E-state index is 12.7. The topological polar surface area (TPSA) is 119 Å². The molecule has 2 heterocycles. The Morgan fingerprint density at radius 3 is 2.71 bits per heavy atom. The number of hydrogen-bond acceptors (Lipinski definition) is 6. The van der Waals surface area contributed by atoms with E-state index in [1.54, 1.807) is 29.6 Å². The summed E-state index contributed by atoms with van der Waals surface area (Å²) in [7, 11) is -3.61. The summed E-state index contributed by atoms with van der Waals surface area (Å²) in [6, 6.07) is 11.1. The summed E-state index contributed by atoms with van der Waals surface area (Å²) in [5.74, 6) is -1.79. The minimum absolute atomic E-state index is 0.0384. The van der Waals surface area contributed by atoms with Gasteiger partial charge in [-0.15, -0.1) is 11.3 Å². The first kappa shape index (κ1) is 20.0. The van der Waals surface area contributed by atoms with Gasteiger partial charge in [-0.05, 0) is 36.4 Å². The van der Waals surface area contributed by atoms with Gasteiger partial charge < -0.3 is 10.6 Å². The molecule has 146 valence electrons. The smallest absolute Gasteiger partial charge is 0.313 e. The SMILES string of the molecule is N#Cc1ccccc1NC(=O)C(=O)NC[C@@H]1CCCN1S(=O)(=O)c1cccs1. The van der Waals surface area contributed by atoms with Gasteiger partial charge in [0.15, 0.2) is 0 Å². The van der Waals surface area contributed by atoms with Crippen LogP contribution in [-0.2, 0) is 19.6 Å². The Morgan fingerprint density at radius 1 is 1.21 bits per heavy atom. The molecule has 1 aromatic heterocycles. The molecule has 8 nitrogen and oxygen atoms in total. The van der Waals surface area contributed by atoms with Crippen LogP contribution in [0.5, 0.6) is 0 Å². The normalized spacial score (nSPS) is 17.0. The van der Waals surface area contributed by atoms with Gasteiger partial charge in [0.1, 0.15) is 10.3 Å². The van der Waals surface area contributed by atoms with Crippen LogP contribution in [0.1, 0.15) is 18.4 Å². The molecule has 1 aliphatic heterocycles. The Balaban J connectivity index is 1.61. The van der Waals surface area contributed by atoms with Crippen molar-refractivity contribution in [3.63, 3.8) is 0 Å². The third-order valence-corrected chi connectivity index (χ3v) is 7.71. The van der Waals surface area contributed by atoms with E-state index < -0.39 is 27.9 Å². The number of rotatable bonds is 5. The van der Waals surface area contributed by atoms with E-state index in [0.29, 0.717) is 19.4 Å². The van der Waals surface area contributed by atoms with Crippen LogP contribution in [-0.4, -0.2) is 43.7 Å². The minimum atomic E-state index is -3.61. The highest BCUT2D eigenvalue weighted by Crippen LogP contribution is 2.28. The standard InChI is InChI=1S/C18H18N4O4S2/c19-11-13-5-1-2-7-15(13)21-18(24)17(23)20-12-14-6-3-9-22(14)28(25,26)16-8-4-10-27-16/h1-2,4-5,7-8,10,14H,3,6,9,12H2,(H,20,23)(H,21,24)/t14-/m0/s1. The Kier molecular flexibility index (Phi) is 6.08. The van der Waals surface area contributed by atoms with Crippen molar-refractivity contribution in [3.8, 4) is 6.07 Å². The predicted molar refractivity (Wildman–Crippen MR) is 104 cm³/mol. The van der Waals surface area contributed by atoms with Crippen LogP contribution in [0.25, 0.3) is 0 Å². The third kappa shape index (κ3) is 4.22. The molecule has 3 rings (SSSR count). The summed E-state index contributed by atoms with van der Waals surface area (Å²) in [6.07, 6.45) is 1.29. The fraction of sp³-hybridized carbons (Fsp3) is 0.278. The lowest BCUT2D eigenvalue weighted by Gasteiger charge is -2.23. The van der Waals surface area contributed by atoms with Gasteiger partial charge in [0.2, 0.25) is 0 Å². The van der Waals surface area contributed by atoms with E-state index in [2.05, 4.69) is 10.6 Å². The Hall–Kier alpha value is -2.74. The number of hydrogen-bond donors (Lipinski definition) is 2. The number of sulfonamides is 1. The first-order valence-corrected chi connectivity index (χ1v) is 10.9. The van der Waals surface area contributed by atoms with E-state index in [-0.39, 0.29) is 22.0 Å². The molecule has 1 saturated heterocycles. The van der Waals surface area contributed by atoms with Crippen molar-refractivity contribution < 1.29 is 18.0 Å². The van der Waals surface area contributed by atoms with Gasteiger partial charge in [0.05, 0.1) is 11.3 Å². The van der Waals surface area contributed by atoms with Gasteiger partial charge in [-0.25, -0.2) is 8.42 Å². The highest BCUT2D eigenvalue weighted by Gasteiger charge is 2.36. The fourth-order valence-electron chi connectivity index (χ4n) is 3.01. The summed E-state index contributed by atoms with van der Waals surface area (Å²) in [5, 5.41) is 15.6. The van der Waals surface area contributed by atoms with Crippen LogP contribution in [0.2, 0.25) is 0 Å². The van der Waals surface area contributed by atoms with Crippen LogP contribution in [0.4, 0.5) is 5.69 Å². The minimum Gasteiger partial charge on any atom is -0.346 e. The second-order valence-corrected chi connectivity index (χ2v) is 9.23. The van der Waals surface area contributed by atoms with Crippen molar-refractivity contribution in [2.24, 2.45) is 0 Å². The molecule has 2 N–H and O–H groups in total. The van der Waals surface area contributed by atoms with E-state index in [1.807, 2.05) is 6.07 Å². The van der Waals surface area contributed by atoms with Crippen molar-refractivity contribution >= 4 is 38.9 Å². The van der Waals surface area contributed by atoms with Crippen molar-refractivity contribution in [1.82, 2.24) is 9.62 Å². The Bertz CT molecular complexity index is 1010. The monoisotopic (exact) mass is 418 g/mol. The number of amides is 2. The van der Waals surface area contributed by atoms with Crippen LogP contribution < -0.4 is 10.6 Å². The largest absolute Gasteiger partial charge is 0.346 e. The van der Waals surface area contributed by atoms with Crippen molar-refractivity contribution in [2.45, 2.75) is 23.1 Å². The average Bonchev–Trinajstić information content (AvgIpc) is 3.38. The zero-order valence-corrected chi connectivity index (χ0v) is 16.4. The predicted octanol–water partition coefficient (Wildman–Crippen LogP) is 1.53. The molecule has 1 aromatic carbocycles. The first-order chi connectivity index (χ1) is 13.4. The molecule has 0 bridgehead atoms. The maximum Gasteiger partial charge on any atom is 0.313 e. The molecule has 0 spiro atoms. The second-order valence-electron chi connectivity index (χ2n) is 6.17. The molecule has 10 heteroatoms. The van der Waals surface area contributed by atoms with E-state index >= 15 is 0 Å². The molecule has 0 aliphatic carbocycles. The number of carbonyl (C=O) groups is 2. The summed E-state index contributed by atoms with van der Waals surface area (Å²) in [5.41, 5.74) is 0.487. The molecule has 0 radical (unpaired) electrons. The molecule has 0 saturated carbocycles. The lowest BCUT2D eigenvalue weighted by atomic mass is 10.2. The van der Waals surface area contributed by atoms with E-state index in [0.717, 1.165) is 11.3 Å². The molecule has 2 aromatic rings. The highest BCUT2D eigenvalue weighted by molar-refractivity contribution is 7.91. The fourth-order valence-corrected chi connectivity index (χ4v) is 5.83. The number of anilines is 1. The number of nitrogens with one attached hydrogen (secondary N) is 2. The van der Waals surface area contributed by atoms with Crippen molar-refractivity contribution in [2.75, 3.05) is 18.4 Å². The van der Waals surface area contributed by atoms with E-state index in [9.17, 15) is 18.0 Å². The Labute approximate surface area is 166 Å². The Morgan fingerprint density at radius 2 is 2.00 bits per heavy atom. The van der Waals surface area contributed by atoms with E-state index in [1.165, 1.54) is 16.4 Å². The number of thiophene rings is 1. The summed E-state index contributed by atoms with van der Waals surface area (Å²) < 4.78 is 27.1. The third-order valence-electron chi connectivity index (χ3n) is 4.38. The molecule has 1 aliphatic rings. The summed E-state index contributed by atoms with van der Waals surface area (Å²) in [4.78, 5) is 24.2. The number of para-hydroxylation sites is 1. The number of benzene rings is 1. The number of carbonyl (C=O) groups excluding carboxylic acids is 2. The molecular formula is C18H18N4O4S2. The quantitative estimate of drug-likeness (QED) is 0.714. The van der Waals surface area contributed by atoms with Crippen molar-refractivity contribution in [1.29, 1.82) is 5.26 Å². The van der Waals surface area contributed by atoms with Crippen LogP contribution in [0.3, 0.4) is 0 Å². The lowest BCUT2D eigenvalue weighted by molar-refractivity contribution is -0.136. The van der Waals surface area contributed by atoms with Crippen LogP contribution >= 0.6 is 11.3 Å². The maximum atomic E-state index is 12.7. The highest BCUT2D eigenvalue weighted by atomic mass is 32.2. The second kappa shape index (κ2) is 8.52. The van der Waals surface area contributed by atoms with Crippen LogP contribution in [0.15, 0.2) is 46.0 Å². The van der Waals surface area contributed by atoms with Crippen molar-refractivity contribution in [3.05, 3.63) is 47.3 Å². The van der Waals surface area contributed by atoms with Gasteiger partial charge in [0, 0.05) is 19.1 Å². The molecule has 1 atom stereocenters. The molecule has 28 heavy (non-hydrogen) atoms. The average molecular weight is 419 g/mol. The zero-order valence-electron chi connectivity index (χ0n) is 14.8. The molecule has 0 unspecified atom stereocenters.